The Hall–Kier alpha value is -1.20. The van der Waals surface area contributed by atoms with Crippen LogP contribution in [-0.2, 0) is 6.54 Å². The second-order valence-corrected chi connectivity index (χ2v) is 5.69. The van der Waals surface area contributed by atoms with Crippen molar-refractivity contribution in [3.8, 4) is 11.5 Å². The van der Waals surface area contributed by atoms with E-state index in [0.29, 0.717) is 24.2 Å². The van der Waals surface area contributed by atoms with E-state index in [4.69, 9.17) is 4.42 Å². The molecular weight excluding hydrogens is 306 g/mol. The smallest absolute Gasteiger partial charge is 0.248 e. The van der Waals surface area contributed by atoms with Gasteiger partial charge in [-0.05, 0) is 46.9 Å². The van der Waals surface area contributed by atoms with Gasteiger partial charge in [-0.2, -0.15) is 0 Å². The van der Waals surface area contributed by atoms with Crippen LogP contribution < -0.4 is 5.32 Å². The minimum atomic E-state index is 0.549. The third-order valence-electron chi connectivity index (χ3n) is 2.75. The van der Waals surface area contributed by atoms with Gasteiger partial charge in [-0.25, -0.2) is 0 Å². The van der Waals surface area contributed by atoms with Gasteiger partial charge in [-0.1, -0.05) is 26.0 Å². The highest BCUT2D eigenvalue weighted by Crippen LogP contribution is 2.26. The van der Waals surface area contributed by atoms with Crippen molar-refractivity contribution in [1.29, 1.82) is 0 Å². The number of nitrogens with one attached hydrogen (secondary N) is 1. The van der Waals surface area contributed by atoms with Crippen molar-refractivity contribution < 1.29 is 4.42 Å². The lowest BCUT2D eigenvalue weighted by molar-refractivity contribution is 0.461. The van der Waals surface area contributed by atoms with Crippen LogP contribution in [-0.4, -0.2) is 16.7 Å². The molecule has 0 aliphatic heterocycles. The van der Waals surface area contributed by atoms with Crippen molar-refractivity contribution in [1.82, 2.24) is 15.5 Å². The van der Waals surface area contributed by atoms with Gasteiger partial charge in [-0.3, -0.25) is 0 Å². The first-order valence-corrected chi connectivity index (χ1v) is 7.24. The van der Waals surface area contributed by atoms with E-state index in [1.165, 1.54) is 0 Å². The zero-order valence-electron chi connectivity index (χ0n) is 11.2. The molecule has 4 nitrogen and oxygen atoms in total. The summed E-state index contributed by atoms with van der Waals surface area (Å²) in [6.07, 6.45) is 1.14. The first-order chi connectivity index (χ1) is 9.16. The van der Waals surface area contributed by atoms with E-state index in [9.17, 15) is 0 Å². The molecule has 2 rings (SSSR count). The van der Waals surface area contributed by atoms with Crippen LogP contribution in [0.4, 0.5) is 0 Å². The quantitative estimate of drug-likeness (QED) is 0.824. The average molecular weight is 324 g/mol. The second kappa shape index (κ2) is 6.82. The average Bonchev–Trinajstić information content (AvgIpc) is 2.83. The monoisotopic (exact) mass is 323 g/mol. The molecule has 2 aromatic rings. The van der Waals surface area contributed by atoms with Gasteiger partial charge in [0.25, 0.3) is 0 Å². The molecule has 1 aromatic carbocycles. The Morgan fingerprint density at radius 1 is 1.26 bits per heavy atom. The van der Waals surface area contributed by atoms with E-state index in [0.717, 1.165) is 23.0 Å². The van der Waals surface area contributed by atoms with Crippen LogP contribution in [0.1, 0.15) is 26.2 Å². The molecule has 1 N–H and O–H groups in total. The molecule has 0 radical (unpaired) electrons. The third kappa shape index (κ3) is 4.14. The minimum absolute atomic E-state index is 0.549. The molecule has 5 heteroatoms. The van der Waals surface area contributed by atoms with Crippen molar-refractivity contribution >= 4 is 15.9 Å². The fraction of sp³-hybridized carbons (Fsp3) is 0.429. The number of nitrogens with zero attached hydrogens (tertiary/aromatic N) is 2. The number of hydrogen-bond acceptors (Lipinski definition) is 4. The summed E-state index contributed by atoms with van der Waals surface area (Å²) >= 11 is 3.48. The zero-order chi connectivity index (χ0) is 13.7. The SMILES string of the molecule is CC(C)CCNCc1nnc(-c2ccccc2Br)o1. The maximum atomic E-state index is 5.64. The Balaban J connectivity index is 1.94. The maximum Gasteiger partial charge on any atom is 0.248 e. The molecule has 0 atom stereocenters. The molecule has 0 saturated heterocycles. The van der Waals surface area contributed by atoms with E-state index in [1.807, 2.05) is 24.3 Å². The molecule has 0 amide bonds. The molecule has 1 heterocycles. The van der Waals surface area contributed by atoms with Crippen molar-refractivity contribution in [2.75, 3.05) is 6.54 Å². The zero-order valence-corrected chi connectivity index (χ0v) is 12.8. The van der Waals surface area contributed by atoms with Gasteiger partial charge in [0.15, 0.2) is 0 Å². The molecule has 0 spiro atoms. The fourth-order valence-corrected chi connectivity index (χ4v) is 2.11. The highest BCUT2D eigenvalue weighted by atomic mass is 79.9. The van der Waals surface area contributed by atoms with Gasteiger partial charge in [0.05, 0.1) is 12.1 Å². The molecule has 0 aliphatic carbocycles. The maximum absolute atomic E-state index is 5.64. The molecule has 0 aliphatic rings. The van der Waals surface area contributed by atoms with E-state index < -0.39 is 0 Å². The van der Waals surface area contributed by atoms with E-state index >= 15 is 0 Å². The predicted molar refractivity (Wildman–Crippen MR) is 78.6 cm³/mol. The second-order valence-electron chi connectivity index (χ2n) is 4.84. The third-order valence-corrected chi connectivity index (χ3v) is 3.44. The molecule has 1 aromatic heterocycles. The molecule has 19 heavy (non-hydrogen) atoms. The lowest BCUT2D eigenvalue weighted by atomic mass is 10.1. The van der Waals surface area contributed by atoms with E-state index in [1.54, 1.807) is 0 Å². The Bertz CT molecular complexity index is 525. The number of rotatable bonds is 6. The normalized spacial score (nSPS) is 11.2. The van der Waals surface area contributed by atoms with Crippen LogP contribution in [0.25, 0.3) is 11.5 Å². The topological polar surface area (TPSA) is 51.0 Å². The Morgan fingerprint density at radius 2 is 2.05 bits per heavy atom. The van der Waals surface area contributed by atoms with Gasteiger partial charge in [-0.15, -0.1) is 10.2 Å². The summed E-state index contributed by atoms with van der Waals surface area (Å²) in [6, 6.07) is 7.82. The summed E-state index contributed by atoms with van der Waals surface area (Å²) in [5, 5.41) is 11.4. The van der Waals surface area contributed by atoms with Crippen LogP contribution in [0.2, 0.25) is 0 Å². The van der Waals surface area contributed by atoms with Crippen LogP contribution in [0, 0.1) is 5.92 Å². The Kier molecular flexibility index (Phi) is 5.10. The summed E-state index contributed by atoms with van der Waals surface area (Å²) in [5.74, 6) is 1.87. The lowest BCUT2D eigenvalue weighted by Gasteiger charge is -2.04. The number of benzene rings is 1. The molecule has 0 unspecified atom stereocenters. The minimum Gasteiger partial charge on any atom is -0.419 e. The van der Waals surface area contributed by atoms with E-state index in [2.05, 4.69) is 45.3 Å². The number of halogens is 1. The molecular formula is C14H18BrN3O. The van der Waals surface area contributed by atoms with Crippen LogP contribution in [0.5, 0.6) is 0 Å². The van der Waals surface area contributed by atoms with Gasteiger partial charge in [0.2, 0.25) is 11.8 Å². The van der Waals surface area contributed by atoms with Gasteiger partial charge < -0.3 is 9.73 Å². The number of hydrogen-bond donors (Lipinski definition) is 1. The first-order valence-electron chi connectivity index (χ1n) is 6.45. The van der Waals surface area contributed by atoms with E-state index in [-0.39, 0.29) is 0 Å². The molecule has 0 saturated carbocycles. The van der Waals surface area contributed by atoms with Gasteiger partial charge >= 0.3 is 0 Å². The van der Waals surface area contributed by atoms with Gasteiger partial charge in [0.1, 0.15) is 0 Å². The predicted octanol–water partition coefficient (Wildman–Crippen LogP) is 3.63. The summed E-state index contributed by atoms with van der Waals surface area (Å²) in [7, 11) is 0. The largest absolute Gasteiger partial charge is 0.419 e. The Morgan fingerprint density at radius 3 is 2.79 bits per heavy atom. The highest BCUT2D eigenvalue weighted by Gasteiger charge is 2.10. The van der Waals surface area contributed by atoms with Crippen LogP contribution in [0.15, 0.2) is 33.2 Å². The summed E-state index contributed by atoms with van der Waals surface area (Å²) in [4.78, 5) is 0. The lowest BCUT2D eigenvalue weighted by Crippen LogP contribution is -2.16. The highest BCUT2D eigenvalue weighted by molar-refractivity contribution is 9.10. The number of aromatic nitrogens is 2. The standard InChI is InChI=1S/C14H18BrN3O/c1-10(2)7-8-16-9-13-17-18-14(19-13)11-5-3-4-6-12(11)15/h3-6,10,16H,7-9H2,1-2H3. The summed E-state index contributed by atoms with van der Waals surface area (Å²) < 4.78 is 6.60. The van der Waals surface area contributed by atoms with Crippen LogP contribution >= 0.6 is 15.9 Å². The molecule has 0 bridgehead atoms. The summed E-state index contributed by atoms with van der Waals surface area (Å²) in [5.41, 5.74) is 0.920. The Labute approximate surface area is 121 Å². The first kappa shape index (κ1) is 14.2. The van der Waals surface area contributed by atoms with Crippen LogP contribution in [0.3, 0.4) is 0 Å². The van der Waals surface area contributed by atoms with Crippen molar-refractivity contribution in [2.45, 2.75) is 26.8 Å². The fourth-order valence-electron chi connectivity index (χ4n) is 1.65. The van der Waals surface area contributed by atoms with Gasteiger partial charge in [0, 0.05) is 4.47 Å². The van der Waals surface area contributed by atoms with Crippen molar-refractivity contribution in [2.24, 2.45) is 5.92 Å². The molecule has 102 valence electrons. The summed E-state index contributed by atoms with van der Waals surface area (Å²) in [6.45, 7) is 5.99. The van der Waals surface area contributed by atoms with Crippen molar-refractivity contribution in [3.63, 3.8) is 0 Å². The van der Waals surface area contributed by atoms with Crippen molar-refractivity contribution in [3.05, 3.63) is 34.6 Å². The molecule has 0 fully saturated rings.